The second kappa shape index (κ2) is 5.74. The predicted octanol–water partition coefficient (Wildman–Crippen LogP) is 2.58. The lowest BCUT2D eigenvalue weighted by Gasteiger charge is -2.47. The van der Waals surface area contributed by atoms with Gasteiger partial charge in [0.25, 0.3) is 0 Å². The van der Waals surface area contributed by atoms with E-state index >= 15 is 0 Å². The standard InChI is InChI=1S/C18H25NO3/c20-18-7-2-1-5-15(18)13-19(9-8-18)12-14-4-3-6-16-17(14)22-11-10-21-16/h3-4,6,15,20H,1-2,5,7-13H2. The number of ether oxygens (including phenoxy) is 2. The Hall–Kier alpha value is -1.26. The molecule has 1 aliphatic carbocycles. The Bertz CT molecular complexity index is 547. The molecule has 1 saturated heterocycles. The van der Waals surface area contributed by atoms with Gasteiger partial charge in [-0.25, -0.2) is 0 Å². The number of nitrogens with zero attached hydrogens (tertiary/aromatic N) is 1. The Morgan fingerprint density at radius 3 is 3.05 bits per heavy atom. The Labute approximate surface area is 132 Å². The molecule has 22 heavy (non-hydrogen) atoms. The summed E-state index contributed by atoms with van der Waals surface area (Å²) in [6.45, 7) is 4.12. The highest BCUT2D eigenvalue weighted by molar-refractivity contribution is 5.47. The highest BCUT2D eigenvalue weighted by atomic mass is 16.6. The van der Waals surface area contributed by atoms with Gasteiger partial charge < -0.3 is 14.6 Å². The molecule has 1 aromatic carbocycles. The summed E-state index contributed by atoms with van der Waals surface area (Å²) in [6, 6.07) is 6.16. The third-order valence-electron chi connectivity index (χ3n) is 5.55. The molecule has 1 aromatic rings. The lowest BCUT2D eigenvalue weighted by Crippen LogP contribution is -2.52. The molecule has 0 spiro atoms. The minimum Gasteiger partial charge on any atom is -0.486 e. The first-order valence-corrected chi connectivity index (χ1v) is 8.57. The highest BCUT2D eigenvalue weighted by Crippen LogP contribution is 2.41. The fourth-order valence-corrected chi connectivity index (χ4v) is 4.28. The van der Waals surface area contributed by atoms with Gasteiger partial charge in [-0.3, -0.25) is 4.90 Å². The van der Waals surface area contributed by atoms with Crippen molar-refractivity contribution in [2.24, 2.45) is 5.92 Å². The molecule has 0 bridgehead atoms. The smallest absolute Gasteiger partial charge is 0.165 e. The van der Waals surface area contributed by atoms with Crippen molar-refractivity contribution >= 4 is 0 Å². The van der Waals surface area contributed by atoms with E-state index in [4.69, 9.17) is 9.47 Å². The Morgan fingerprint density at radius 2 is 2.09 bits per heavy atom. The monoisotopic (exact) mass is 303 g/mol. The van der Waals surface area contributed by atoms with Crippen molar-refractivity contribution in [2.45, 2.75) is 44.2 Å². The molecule has 2 aliphatic heterocycles. The van der Waals surface area contributed by atoms with Gasteiger partial charge in [-0.1, -0.05) is 25.0 Å². The number of fused-ring (bicyclic) bond motifs is 2. The summed E-state index contributed by atoms with van der Waals surface area (Å²) in [6.07, 6.45) is 5.51. The first-order chi connectivity index (χ1) is 10.7. The van der Waals surface area contributed by atoms with Crippen LogP contribution in [0, 0.1) is 5.92 Å². The van der Waals surface area contributed by atoms with Gasteiger partial charge in [-0.15, -0.1) is 0 Å². The van der Waals surface area contributed by atoms with E-state index in [9.17, 15) is 5.11 Å². The molecule has 0 amide bonds. The third kappa shape index (κ3) is 2.59. The molecule has 2 fully saturated rings. The molecule has 4 nitrogen and oxygen atoms in total. The molecular formula is C18H25NO3. The number of aliphatic hydroxyl groups is 1. The second-order valence-electron chi connectivity index (χ2n) is 6.97. The van der Waals surface area contributed by atoms with Crippen LogP contribution in [0.3, 0.4) is 0 Å². The second-order valence-corrected chi connectivity index (χ2v) is 6.97. The zero-order valence-corrected chi connectivity index (χ0v) is 13.1. The predicted molar refractivity (Wildman–Crippen MR) is 84.2 cm³/mol. The van der Waals surface area contributed by atoms with Gasteiger partial charge in [0, 0.05) is 31.1 Å². The normalized spacial score (nSPS) is 31.6. The summed E-state index contributed by atoms with van der Waals surface area (Å²) in [5.74, 6) is 2.22. The number of likely N-dealkylation sites (tertiary alicyclic amines) is 1. The molecule has 1 N–H and O–H groups in total. The molecule has 120 valence electrons. The quantitative estimate of drug-likeness (QED) is 0.912. The van der Waals surface area contributed by atoms with Crippen LogP contribution in [0.2, 0.25) is 0 Å². The molecular weight excluding hydrogens is 278 g/mol. The fraction of sp³-hybridized carbons (Fsp3) is 0.667. The van der Waals surface area contributed by atoms with E-state index in [-0.39, 0.29) is 0 Å². The summed E-state index contributed by atoms with van der Waals surface area (Å²) >= 11 is 0. The molecule has 2 atom stereocenters. The first-order valence-electron chi connectivity index (χ1n) is 8.57. The van der Waals surface area contributed by atoms with Gasteiger partial charge >= 0.3 is 0 Å². The number of benzene rings is 1. The molecule has 2 heterocycles. The molecule has 3 aliphatic rings. The van der Waals surface area contributed by atoms with Crippen LogP contribution in [0.25, 0.3) is 0 Å². The van der Waals surface area contributed by atoms with Crippen molar-refractivity contribution in [3.8, 4) is 11.5 Å². The van der Waals surface area contributed by atoms with Crippen LogP contribution in [0.5, 0.6) is 11.5 Å². The van der Waals surface area contributed by atoms with Crippen LogP contribution in [0.4, 0.5) is 0 Å². The summed E-state index contributed by atoms with van der Waals surface area (Å²) < 4.78 is 11.5. The van der Waals surface area contributed by atoms with E-state index in [1.165, 1.54) is 24.8 Å². The number of hydrogen-bond donors (Lipinski definition) is 1. The van der Waals surface area contributed by atoms with Crippen molar-refractivity contribution in [3.05, 3.63) is 23.8 Å². The van der Waals surface area contributed by atoms with Crippen molar-refractivity contribution in [1.82, 2.24) is 4.90 Å². The number of rotatable bonds is 2. The maximum Gasteiger partial charge on any atom is 0.165 e. The minimum atomic E-state index is -0.398. The van der Waals surface area contributed by atoms with E-state index in [2.05, 4.69) is 11.0 Å². The van der Waals surface area contributed by atoms with Crippen molar-refractivity contribution < 1.29 is 14.6 Å². The Balaban J connectivity index is 1.48. The van der Waals surface area contributed by atoms with Crippen LogP contribution >= 0.6 is 0 Å². The van der Waals surface area contributed by atoms with E-state index < -0.39 is 5.60 Å². The maximum absolute atomic E-state index is 10.8. The molecule has 4 rings (SSSR count). The molecule has 2 unspecified atom stereocenters. The van der Waals surface area contributed by atoms with Crippen molar-refractivity contribution in [3.63, 3.8) is 0 Å². The lowest BCUT2D eigenvalue weighted by atomic mass is 9.71. The molecule has 1 saturated carbocycles. The fourth-order valence-electron chi connectivity index (χ4n) is 4.28. The molecule has 0 radical (unpaired) electrons. The van der Waals surface area contributed by atoms with E-state index in [0.717, 1.165) is 44.0 Å². The number of para-hydroxylation sites is 1. The van der Waals surface area contributed by atoms with Gasteiger partial charge in [0.2, 0.25) is 0 Å². The zero-order valence-electron chi connectivity index (χ0n) is 13.1. The van der Waals surface area contributed by atoms with Gasteiger partial charge in [0.15, 0.2) is 11.5 Å². The molecule has 4 heteroatoms. The van der Waals surface area contributed by atoms with Crippen LogP contribution < -0.4 is 9.47 Å². The van der Waals surface area contributed by atoms with Crippen molar-refractivity contribution in [2.75, 3.05) is 26.3 Å². The van der Waals surface area contributed by atoms with Crippen LogP contribution in [-0.2, 0) is 6.54 Å². The number of hydrogen-bond acceptors (Lipinski definition) is 4. The van der Waals surface area contributed by atoms with E-state index in [0.29, 0.717) is 19.1 Å². The average molecular weight is 303 g/mol. The van der Waals surface area contributed by atoms with Crippen LogP contribution in [0.15, 0.2) is 18.2 Å². The summed E-state index contributed by atoms with van der Waals surface area (Å²) in [5, 5.41) is 10.8. The van der Waals surface area contributed by atoms with Crippen LogP contribution in [0.1, 0.15) is 37.7 Å². The zero-order chi connectivity index (χ0) is 15.0. The van der Waals surface area contributed by atoms with E-state index in [1.807, 2.05) is 12.1 Å². The Morgan fingerprint density at radius 1 is 1.18 bits per heavy atom. The summed E-state index contributed by atoms with van der Waals surface area (Å²) in [4.78, 5) is 2.47. The Kier molecular flexibility index (Phi) is 3.74. The maximum atomic E-state index is 10.8. The summed E-state index contributed by atoms with van der Waals surface area (Å²) in [7, 11) is 0. The van der Waals surface area contributed by atoms with Gasteiger partial charge in [0.1, 0.15) is 13.2 Å². The SMILES string of the molecule is OC12CCCCC1CN(Cc1cccc3c1OCCO3)CC2. The summed E-state index contributed by atoms with van der Waals surface area (Å²) in [5.41, 5.74) is 0.809. The lowest BCUT2D eigenvalue weighted by molar-refractivity contribution is -0.0968. The first kappa shape index (κ1) is 14.3. The van der Waals surface area contributed by atoms with Gasteiger partial charge in [0.05, 0.1) is 5.60 Å². The largest absolute Gasteiger partial charge is 0.486 e. The number of piperidine rings is 1. The van der Waals surface area contributed by atoms with Crippen molar-refractivity contribution in [1.29, 1.82) is 0 Å². The van der Waals surface area contributed by atoms with Gasteiger partial charge in [-0.2, -0.15) is 0 Å². The topological polar surface area (TPSA) is 41.9 Å². The minimum absolute atomic E-state index is 0.398. The van der Waals surface area contributed by atoms with Gasteiger partial charge in [-0.05, 0) is 25.3 Å². The third-order valence-corrected chi connectivity index (χ3v) is 5.55. The van der Waals surface area contributed by atoms with E-state index in [1.54, 1.807) is 0 Å². The highest BCUT2D eigenvalue weighted by Gasteiger charge is 2.42. The van der Waals surface area contributed by atoms with Crippen LogP contribution in [-0.4, -0.2) is 41.9 Å². The average Bonchev–Trinajstić information content (AvgIpc) is 2.55. The molecule has 0 aromatic heterocycles.